The molecule has 0 aromatic heterocycles. The molecule has 27 heavy (non-hydrogen) atoms. The minimum absolute atomic E-state index is 0.0500. The van der Waals surface area contributed by atoms with Crippen molar-refractivity contribution in [2.75, 3.05) is 18.5 Å². The maximum atomic E-state index is 12.0. The van der Waals surface area contributed by atoms with Gasteiger partial charge in [-0.2, -0.15) is 0 Å². The summed E-state index contributed by atoms with van der Waals surface area (Å²) in [6.07, 6.45) is 0. The third-order valence-corrected chi connectivity index (χ3v) is 3.84. The number of carbonyl (C=O) groups is 3. The molecule has 0 unspecified atom stereocenters. The molecular weight excluding hydrogens is 346 g/mol. The highest BCUT2D eigenvalue weighted by Gasteiger charge is 2.12. The maximum absolute atomic E-state index is 12.0. The van der Waals surface area contributed by atoms with Crippen molar-refractivity contribution in [3.8, 4) is 5.75 Å². The number of benzene rings is 2. The fraction of sp³-hybridized carbons (Fsp3) is 0.286. The summed E-state index contributed by atoms with van der Waals surface area (Å²) in [6, 6.07) is 13.9. The Morgan fingerprint density at radius 2 is 1.63 bits per heavy atom. The van der Waals surface area contributed by atoms with Gasteiger partial charge in [0.15, 0.2) is 19.0 Å². The van der Waals surface area contributed by atoms with Crippen LogP contribution in [0.1, 0.15) is 42.6 Å². The van der Waals surface area contributed by atoms with E-state index in [1.54, 1.807) is 24.3 Å². The second-order valence-corrected chi connectivity index (χ2v) is 6.32. The number of hydrogen-bond donors (Lipinski definition) is 1. The molecule has 0 aliphatic rings. The lowest BCUT2D eigenvalue weighted by Gasteiger charge is -2.13. The summed E-state index contributed by atoms with van der Waals surface area (Å²) < 4.78 is 10.2. The van der Waals surface area contributed by atoms with E-state index in [0.717, 1.165) is 5.56 Å². The average molecular weight is 369 g/mol. The lowest BCUT2D eigenvalue weighted by molar-refractivity contribution is -0.149. The van der Waals surface area contributed by atoms with Crippen LogP contribution >= 0.6 is 0 Å². The Morgan fingerprint density at radius 3 is 2.26 bits per heavy atom. The fourth-order valence-electron chi connectivity index (χ4n) is 2.42. The van der Waals surface area contributed by atoms with Crippen LogP contribution < -0.4 is 10.1 Å². The predicted octanol–water partition coefficient (Wildman–Crippen LogP) is 3.57. The lowest BCUT2D eigenvalue weighted by Crippen LogP contribution is -2.24. The first-order chi connectivity index (χ1) is 12.9. The number of nitrogens with one attached hydrogen (secondary N) is 1. The van der Waals surface area contributed by atoms with Crippen LogP contribution in [0.3, 0.4) is 0 Å². The molecule has 0 heterocycles. The van der Waals surface area contributed by atoms with Crippen LogP contribution in [-0.4, -0.2) is 30.9 Å². The van der Waals surface area contributed by atoms with E-state index in [1.807, 2.05) is 38.1 Å². The van der Waals surface area contributed by atoms with Crippen molar-refractivity contribution in [2.45, 2.75) is 26.7 Å². The molecule has 2 aromatic rings. The van der Waals surface area contributed by atoms with Gasteiger partial charge in [-0.25, -0.2) is 4.79 Å². The number of esters is 1. The van der Waals surface area contributed by atoms with Gasteiger partial charge >= 0.3 is 5.97 Å². The zero-order valence-corrected chi connectivity index (χ0v) is 15.7. The monoisotopic (exact) mass is 369 g/mol. The molecule has 6 heteroatoms. The first kappa shape index (κ1) is 20.2. The molecule has 0 aliphatic carbocycles. The summed E-state index contributed by atoms with van der Waals surface area (Å²) in [6.45, 7) is 4.82. The van der Waals surface area contributed by atoms with Gasteiger partial charge in [0.05, 0.1) is 0 Å². The van der Waals surface area contributed by atoms with Gasteiger partial charge in [-0.3, -0.25) is 9.59 Å². The summed E-state index contributed by atoms with van der Waals surface area (Å²) in [4.78, 5) is 35.0. The zero-order chi connectivity index (χ0) is 19.8. The van der Waals surface area contributed by atoms with Crippen molar-refractivity contribution in [2.24, 2.45) is 0 Å². The Balaban J connectivity index is 1.78. The number of carbonyl (C=O) groups excluding carboxylic acids is 3. The first-order valence-electron chi connectivity index (χ1n) is 8.65. The standard InChI is InChI=1S/C21H23NO5/c1-14(2)18-6-4-5-7-19(18)22-20(24)12-27-21(25)13-26-17-10-8-16(9-11-17)15(3)23/h4-11,14H,12-13H2,1-3H3,(H,22,24). The molecule has 0 fully saturated rings. The number of hydrogen-bond acceptors (Lipinski definition) is 5. The molecule has 0 radical (unpaired) electrons. The van der Waals surface area contributed by atoms with Crippen LogP contribution in [0.15, 0.2) is 48.5 Å². The van der Waals surface area contributed by atoms with E-state index in [1.165, 1.54) is 6.92 Å². The van der Waals surface area contributed by atoms with Crippen molar-refractivity contribution in [1.82, 2.24) is 0 Å². The van der Waals surface area contributed by atoms with Gasteiger partial charge in [0.1, 0.15) is 5.75 Å². The van der Waals surface area contributed by atoms with Crippen LogP contribution in [0.2, 0.25) is 0 Å². The molecule has 0 aliphatic heterocycles. The van der Waals surface area contributed by atoms with E-state index in [-0.39, 0.29) is 18.3 Å². The second-order valence-electron chi connectivity index (χ2n) is 6.32. The largest absolute Gasteiger partial charge is 0.482 e. The van der Waals surface area contributed by atoms with Gasteiger partial charge in [-0.15, -0.1) is 0 Å². The lowest BCUT2D eigenvalue weighted by atomic mass is 10.0. The van der Waals surface area contributed by atoms with Crippen molar-refractivity contribution in [3.05, 3.63) is 59.7 Å². The van der Waals surface area contributed by atoms with Gasteiger partial charge in [0, 0.05) is 11.3 Å². The molecule has 2 aromatic carbocycles. The van der Waals surface area contributed by atoms with Crippen LogP contribution in [-0.2, 0) is 14.3 Å². The van der Waals surface area contributed by atoms with E-state index in [4.69, 9.17) is 9.47 Å². The smallest absolute Gasteiger partial charge is 0.344 e. The summed E-state index contributed by atoms with van der Waals surface area (Å²) in [5.41, 5.74) is 2.27. The quantitative estimate of drug-likeness (QED) is 0.568. The Morgan fingerprint density at radius 1 is 0.963 bits per heavy atom. The summed E-state index contributed by atoms with van der Waals surface area (Å²) in [7, 11) is 0. The van der Waals surface area contributed by atoms with Gasteiger partial charge < -0.3 is 14.8 Å². The van der Waals surface area contributed by atoms with Crippen molar-refractivity contribution >= 4 is 23.3 Å². The number of ketones is 1. The molecule has 0 spiro atoms. The Hall–Kier alpha value is -3.15. The average Bonchev–Trinajstić information content (AvgIpc) is 2.65. The van der Waals surface area contributed by atoms with Gasteiger partial charge in [-0.05, 0) is 48.7 Å². The number of amides is 1. The highest BCUT2D eigenvalue weighted by atomic mass is 16.6. The van der Waals surface area contributed by atoms with E-state index in [0.29, 0.717) is 17.0 Å². The fourth-order valence-corrected chi connectivity index (χ4v) is 2.42. The normalized spacial score (nSPS) is 10.4. The molecule has 1 amide bonds. The Kier molecular flexibility index (Phi) is 7.11. The van der Waals surface area contributed by atoms with Gasteiger partial charge in [0.25, 0.3) is 5.91 Å². The molecule has 0 saturated heterocycles. The van der Waals surface area contributed by atoms with Gasteiger partial charge in [0.2, 0.25) is 0 Å². The topological polar surface area (TPSA) is 81.7 Å². The highest BCUT2D eigenvalue weighted by Crippen LogP contribution is 2.23. The molecule has 142 valence electrons. The Labute approximate surface area is 158 Å². The third-order valence-electron chi connectivity index (χ3n) is 3.84. The van der Waals surface area contributed by atoms with E-state index in [2.05, 4.69) is 5.32 Å². The van der Waals surface area contributed by atoms with Gasteiger partial charge in [-0.1, -0.05) is 32.0 Å². The number of ether oxygens (including phenoxy) is 2. The number of Topliss-reactive ketones (excluding diaryl/α,β-unsaturated/α-hetero) is 1. The van der Waals surface area contributed by atoms with Crippen molar-refractivity contribution < 1.29 is 23.9 Å². The minimum atomic E-state index is -0.655. The van der Waals surface area contributed by atoms with E-state index < -0.39 is 18.5 Å². The summed E-state index contributed by atoms with van der Waals surface area (Å²) >= 11 is 0. The molecule has 6 nitrogen and oxygen atoms in total. The number of para-hydroxylation sites is 1. The molecular formula is C21H23NO5. The van der Waals surface area contributed by atoms with E-state index in [9.17, 15) is 14.4 Å². The number of rotatable bonds is 8. The molecule has 0 atom stereocenters. The molecule has 0 saturated carbocycles. The first-order valence-corrected chi connectivity index (χ1v) is 8.65. The zero-order valence-electron chi connectivity index (χ0n) is 15.7. The van der Waals surface area contributed by atoms with Crippen molar-refractivity contribution in [1.29, 1.82) is 0 Å². The summed E-state index contributed by atoms with van der Waals surface area (Å²) in [5, 5.41) is 2.75. The third kappa shape index (κ3) is 6.26. The molecule has 1 N–H and O–H groups in total. The van der Waals surface area contributed by atoms with Crippen LogP contribution in [0.5, 0.6) is 5.75 Å². The van der Waals surface area contributed by atoms with Crippen molar-refractivity contribution in [3.63, 3.8) is 0 Å². The summed E-state index contributed by atoms with van der Waals surface area (Å²) in [5.74, 6) is -0.426. The Bertz CT molecular complexity index is 812. The van der Waals surface area contributed by atoms with Crippen LogP contribution in [0.4, 0.5) is 5.69 Å². The minimum Gasteiger partial charge on any atom is -0.482 e. The van der Waals surface area contributed by atoms with Crippen LogP contribution in [0.25, 0.3) is 0 Å². The molecule has 2 rings (SSSR count). The number of anilines is 1. The van der Waals surface area contributed by atoms with Crippen LogP contribution in [0, 0.1) is 0 Å². The molecule has 0 bridgehead atoms. The van der Waals surface area contributed by atoms with E-state index >= 15 is 0 Å². The second kappa shape index (κ2) is 9.52. The SMILES string of the molecule is CC(=O)c1ccc(OCC(=O)OCC(=O)Nc2ccccc2C(C)C)cc1. The maximum Gasteiger partial charge on any atom is 0.344 e. The predicted molar refractivity (Wildman–Crippen MR) is 102 cm³/mol. The highest BCUT2D eigenvalue weighted by molar-refractivity contribution is 5.94.